The van der Waals surface area contributed by atoms with Gasteiger partial charge in [0, 0.05) is 13.5 Å². The molecule has 0 fully saturated rings. The predicted molar refractivity (Wildman–Crippen MR) is 52.8 cm³/mol. The summed E-state index contributed by atoms with van der Waals surface area (Å²) >= 11 is 0. The Morgan fingerprint density at radius 1 is 1.43 bits per heavy atom. The molecule has 2 rings (SSSR count). The SMILES string of the molecule is COC1(O)C=Cc2cc(O)ccc2C1. The van der Waals surface area contributed by atoms with Crippen LogP contribution in [0.15, 0.2) is 24.3 Å². The highest BCUT2D eigenvalue weighted by molar-refractivity contribution is 5.59. The van der Waals surface area contributed by atoms with E-state index >= 15 is 0 Å². The maximum absolute atomic E-state index is 9.82. The van der Waals surface area contributed by atoms with Crippen molar-refractivity contribution < 1.29 is 14.9 Å². The first kappa shape index (κ1) is 9.24. The minimum absolute atomic E-state index is 0.233. The van der Waals surface area contributed by atoms with Crippen molar-refractivity contribution in [1.29, 1.82) is 0 Å². The Balaban J connectivity index is 2.41. The maximum Gasteiger partial charge on any atom is 0.189 e. The van der Waals surface area contributed by atoms with Crippen LogP contribution in [0.25, 0.3) is 6.08 Å². The number of rotatable bonds is 1. The van der Waals surface area contributed by atoms with Crippen LogP contribution in [0.1, 0.15) is 11.1 Å². The Bertz CT molecular complexity index is 384. The largest absolute Gasteiger partial charge is 0.508 e. The number of methoxy groups -OCH3 is 1. The molecule has 1 aliphatic carbocycles. The van der Waals surface area contributed by atoms with Gasteiger partial charge in [0.15, 0.2) is 5.79 Å². The first-order valence-electron chi connectivity index (χ1n) is 4.42. The van der Waals surface area contributed by atoms with Gasteiger partial charge in [-0.25, -0.2) is 0 Å². The van der Waals surface area contributed by atoms with Crippen LogP contribution in [-0.2, 0) is 11.2 Å². The summed E-state index contributed by atoms with van der Waals surface area (Å²) < 4.78 is 4.97. The molecule has 0 amide bonds. The molecule has 0 radical (unpaired) electrons. The van der Waals surface area contributed by atoms with Gasteiger partial charge in [-0.2, -0.15) is 0 Å². The third-order valence-electron chi connectivity index (χ3n) is 2.45. The molecule has 0 saturated heterocycles. The van der Waals surface area contributed by atoms with Crippen molar-refractivity contribution in [2.45, 2.75) is 12.2 Å². The monoisotopic (exact) mass is 192 g/mol. The van der Waals surface area contributed by atoms with Gasteiger partial charge in [-0.05, 0) is 29.3 Å². The molecule has 1 aromatic carbocycles. The summed E-state index contributed by atoms with van der Waals surface area (Å²) in [7, 11) is 1.47. The summed E-state index contributed by atoms with van der Waals surface area (Å²) in [4.78, 5) is 0. The van der Waals surface area contributed by atoms with Crippen LogP contribution in [0.2, 0.25) is 0 Å². The Hall–Kier alpha value is -1.32. The van der Waals surface area contributed by atoms with E-state index in [1.54, 1.807) is 30.4 Å². The highest BCUT2D eigenvalue weighted by Crippen LogP contribution is 2.28. The number of phenolic OH excluding ortho intramolecular Hbond substituents is 1. The Morgan fingerprint density at radius 3 is 2.93 bits per heavy atom. The first-order chi connectivity index (χ1) is 6.63. The van der Waals surface area contributed by atoms with Gasteiger partial charge in [0.25, 0.3) is 0 Å². The zero-order chi connectivity index (χ0) is 10.2. The summed E-state index contributed by atoms with van der Waals surface area (Å²) in [6, 6.07) is 5.06. The number of hydrogen-bond donors (Lipinski definition) is 2. The second-order valence-corrected chi connectivity index (χ2v) is 3.44. The number of ether oxygens (including phenoxy) is 1. The molecule has 0 aliphatic heterocycles. The Kier molecular flexibility index (Phi) is 2.06. The van der Waals surface area contributed by atoms with Crippen LogP contribution in [-0.4, -0.2) is 23.1 Å². The maximum atomic E-state index is 9.82. The topological polar surface area (TPSA) is 49.7 Å². The van der Waals surface area contributed by atoms with E-state index in [9.17, 15) is 10.2 Å². The van der Waals surface area contributed by atoms with Crippen LogP contribution in [0, 0.1) is 0 Å². The number of phenols is 1. The predicted octanol–water partition coefficient (Wildman–Crippen LogP) is 1.30. The molecule has 1 unspecified atom stereocenters. The van der Waals surface area contributed by atoms with E-state index < -0.39 is 5.79 Å². The smallest absolute Gasteiger partial charge is 0.189 e. The molecule has 0 aromatic heterocycles. The molecule has 14 heavy (non-hydrogen) atoms. The van der Waals surface area contributed by atoms with Crippen molar-refractivity contribution in [3.63, 3.8) is 0 Å². The van der Waals surface area contributed by atoms with Crippen LogP contribution in [0.4, 0.5) is 0 Å². The van der Waals surface area contributed by atoms with Gasteiger partial charge in [0.2, 0.25) is 0 Å². The van der Waals surface area contributed by atoms with Crippen molar-refractivity contribution in [1.82, 2.24) is 0 Å². The molecule has 0 bridgehead atoms. The van der Waals surface area contributed by atoms with Crippen molar-refractivity contribution >= 4 is 6.08 Å². The molecule has 2 N–H and O–H groups in total. The molecular weight excluding hydrogens is 180 g/mol. The van der Waals surface area contributed by atoms with Crippen LogP contribution in [0.5, 0.6) is 5.75 Å². The molecule has 0 spiro atoms. The summed E-state index contributed by atoms with van der Waals surface area (Å²) in [5, 5.41) is 19.1. The summed E-state index contributed by atoms with van der Waals surface area (Å²) in [5.74, 6) is -0.972. The van der Waals surface area contributed by atoms with Crippen molar-refractivity contribution in [2.24, 2.45) is 0 Å². The second-order valence-electron chi connectivity index (χ2n) is 3.44. The van der Waals surface area contributed by atoms with Gasteiger partial charge in [0.1, 0.15) is 5.75 Å². The fourth-order valence-electron chi connectivity index (χ4n) is 1.59. The molecule has 3 heteroatoms. The number of benzene rings is 1. The molecule has 74 valence electrons. The van der Waals surface area contributed by atoms with E-state index in [-0.39, 0.29) is 5.75 Å². The molecule has 1 aliphatic rings. The minimum Gasteiger partial charge on any atom is -0.508 e. The van der Waals surface area contributed by atoms with Crippen molar-refractivity contribution in [3.05, 3.63) is 35.4 Å². The zero-order valence-corrected chi connectivity index (χ0v) is 7.90. The third-order valence-corrected chi connectivity index (χ3v) is 2.45. The molecule has 3 nitrogen and oxygen atoms in total. The van der Waals surface area contributed by atoms with E-state index in [1.165, 1.54) is 7.11 Å². The Labute approximate surface area is 82.3 Å². The molecule has 0 heterocycles. The van der Waals surface area contributed by atoms with Gasteiger partial charge in [-0.1, -0.05) is 12.1 Å². The van der Waals surface area contributed by atoms with E-state index in [0.717, 1.165) is 11.1 Å². The number of aromatic hydroxyl groups is 1. The fraction of sp³-hybridized carbons (Fsp3) is 0.273. The number of fused-ring (bicyclic) bond motifs is 1. The van der Waals surface area contributed by atoms with Gasteiger partial charge >= 0.3 is 0 Å². The Morgan fingerprint density at radius 2 is 2.21 bits per heavy atom. The second kappa shape index (κ2) is 3.12. The summed E-state index contributed by atoms with van der Waals surface area (Å²) in [5.41, 5.74) is 1.89. The van der Waals surface area contributed by atoms with Crippen LogP contribution in [0.3, 0.4) is 0 Å². The molecule has 1 atom stereocenters. The van der Waals surface area contributed by atoms with Gasteiger partial charge in [-0.15, -0.1) is 0 Å². The lowest BCUT2D eigenvalue weighted by Crippen LogP contribution is -2.33. The molecule has 0 saturated carbocycles. The number of aliphatic hydroxyl groups is 1. The van der Waals surface area contributed by atoms with E-state index in [0.29, 0.717) is 6.42 Å². The van der Waals surface area contributed by atoms with E-state index in [4.69, 9.17) is 4.74 Å². The lowest BCUT2D eigenvalue weighted by molar-refractivity contribution is -0.144. The van der Waals surface area contributed by atoms with Gasteiger partial charge < -0.3 is 14.9 Å². The third kappa shape index (κ3) is 1.52. The van der Waals surface area contributed by atoms with Crippen molar-refractivity contribution in [2.75, 3.05) is 7.11 Å². The highest BCUT2D eigenvalue weighted by atomic mass is 16.6. The lowest BCUT2D eigenvalue weighted by Gasteiger charge is -2.27. The summed E-state index contributed by atoms with van der Waals surface area (Å²) in [6.07, 6.45) is 3.76. The minimum atomic E-state index is -1.20. The van der Waals surface area contributed by atoms with Crippen molar-refractivity contribution in [3.8, 4) is 5.75 Å². The van der Waals surface area contributed by atoms with E-state index in [2.05, 4.69) is 0 Å². The molecular formula is C11H12O3. The fourth-order valence-corrected chi connectivity index (χ4v) is 1.59. The van der Waals surface area contributed by atoms with Crippen LogP contribution < -0.4 is 0 Å². The normalized spacial score (nSPS) is 24.7. The van der Waals surface area contributed by atoms with E-state index in [1.807, 2.05) is 0 Å². The average molecular weight is 192 g/mol. The quantitative estimate of drug-likeness (QED) is 0.659. The average Bonchev–Trinajstić information content (AvgIpc) is 2.19. The van der Waals surface area contributed by atoms with Gasteiger partial charge in [-0.3, -0.25) is 0 Å². The first-order valence-corrected chi connectivity index (χ1v) is 4.42. The zero-order valence-electron chi connectivity index (χ0n) is 7.90. The highest BCUT2D eigenvalue weighted by Gasteiger charge is 2.27. The van der Waals surface area contributed by atoms with Crippen LogP contribution >= 0.6 is 0 Å². The summed E-state index contributed by atoms with van der Waals surface area (Å²) in [6.45, 7) is 0. The van der Waals surface area contributed by atoms with Gasteiger partial charge in [0.05, 0.1) is 0 Å². The standard InChI is InChI=1S/C11H12O3/c1-14-11(13)5-4-8-6-10(12)3-2-9(8)7-11/h2-6,12-13H,7H2,1H3. The number of hydrogen-bond acceptors (Lipinski definition) is 3. The molecule has 1 aromatic rings. The lowest BCUT2D eigenvalue weighted by atomic mass is 9.93.